The lowest BCUT2D eigenvalue weighted by Crippen LogP contribution is -2.31. The monoisotopic (exact) mass is 273 g/mol. The number of nitrogens with one attached hydrogen (secondary N) is 2. The van der Waals surface area contributed by atoms with Crippen molar-refractivity contribution in [2.24, 2.45) is 0 Å². The number of ketones is 1. The second-order valence-corrected chi connectivity index (χ2v) is 4.27. The molecule has 0 bridgehead atoms. The van der Waals surface area contributed by atoms with E-state index in [1.54, 1.807) is 6.92 Å². The highest BCUT2D eigenvalue weighted by molar-refractivity contribution is 8.01. The van der Waals surface area contributed by atoms with Crippen LogP contribution in [-0.4, -0.2) is 38.8 Å². The second-order valence-electron chi connectivity index (χ2n) is 3.17. The lowest BCUT2D eigenvalue weighted by atomic mass is 10.3. The summed E-state index contributed by atoms with van der Waals surface area (Å²) in [4.78, 5) is 46.9. The number of nitrogens with zero attached hydrogens (tertiary/aromatic N) is 1. The number of aromatic amines is 2. The maximum Gasteiger partial charge on any atom is 0.342 e. The standard InChI is InChI=1S/C9H11N3O5S/c1-3-17-8(15)5(4(2)13)18-7-6(14)10-9(16)12-11-7/h5H,3H2,1-2H3,(H2,10,12,14,16). The average Bonchev–Trinajstić information content (AvgIpc) is 2.27. The van der Waals surface area contributed by atoms with Crippen LogP contribution in [0.5, 0.6) is 0 Å². The zero-order valence-electron chi connectivity index (χ0n) is 9.68. The van der Waals surface area contributed by atoms with Gasteiger partial charge in [0.1, 0.15) is 0 Å². The van der Waals surface area contributed by atoms with Crippen molar-refractivity contribution in [1.29, 1.82) is 0 Å². The van der Waals surface area contributed by atoms with Crippen LogP contribution < -0.4 is 11.2 Å². The number of Topliss-reactive ketones (excluding diaryl/α,β-unsaturated/α-hetero) is 1. The fourth-order valence-electron chi connectivity index (χ4n) is 1.04. The molecule has 1 unspecified atom stereocenters. The van der Waals surface area contributed by atoms with Gasteiger partial charge in [-0.25, -0.2) is 9.89 Å². The topological polar surface area (TPSA) is 122 Å². The summed E-state index contributed by atoms with van der Waals surface area (Å²) in [7, 11) is 0. The van der Waals surface area contributed by atoms with E-state index in [-0.39, 0.29) is 11.6 Å². The third-order valence-corrected chi connectivity index (χ3v) is 3.04. The van der Waals surface area contributed by atoms with Crippen LogP contribution in [0, 0.1) is 0 Å². The molecule has 0 spiro atoms. The van der Waals surface area contributed by atoms with Gasteiger partial charge in [0.2, 0.25) is 0 Å². The number of carbonyl (C=O) groups excluding carboxylic acids is 2. The number of esters is 1. The van der Waals surface area contributed by atoms with Crippen LogP contribution >= 0.6 is 11.8 Å². The van der Waals surface area contributed by atoms with Crippen molar-refractivity contribution in [2.75, 3.05) is 6.61 Å². The van der Waals surface area contributed by atoms with E-state index in [4.69, 9.17) is 4.74 Å². The normalized spacial score (nSPS) is 11.9. The molecule has 2 N–H and O–H groups in total. The first-order valence-electron chi connectivity index (χ1n) is 4.98. The zero-order chi connectivity index (χ0) is 13.7. The Bertz CT molecular complexity index is 564. The summed E-state index contributed by atoms with van der Waals surface area (Å²) in [6.07, 6.45) is 0. The van der Waals surface area contributed by atoms with E-state index in [0.717, 1.165) is 0 Å². The Hall–Kier alpha value is -1.90. The molecule has 8 nitrogen and oxygen atoms in total. The van der Waals surface area contributed by atoms with Crippen molar-refractivity contribution in [2.45, 2.75) is 24.1 Å². The number of hydrogen-bond acceptors (Lipinski definition) is 7. The van der Waals surface area contributed by atoms with Gasteiger partial charge in [-0.3, -0.25) is 19.4 Å². The van der Waals surface area contributed by atoms with Crippen molar-refractivity contribution < 1.29 is 14.3 Å². The van der Waals surface area contributed by atoms with Crippen molar-refractivity contribution >= 4 is 23.5 Å². The SMILES string of the molecule is CCOC(=O)C(Sc1n[nH]c(=O)[nH]c1=O)C(C)=O. The minimum absolute atomic E-state index is 0.124. The first-order valence-corrected chi connectivity index (χ1v) is 5.86. The predicted molar refractivity (Wildman–Crippen MR) is 62.4 cm³/mol. The van der Waals surface area contributed by atoms with Gasteiger partial charge in [-0.1, -0.05) is 11.8 Å². The summed E-state index contributed by atoms with van der Waals surface area (Å²) in [5.74, 6) is -1.21. The van der Waals surface area contributed by atoms with Crippen LogP contribution in [0.1, 0.15) is 13.8 Å². The van der Waals surface area contributed by atoms with E-state index >= 15 is 0 Å². The molecular weight excluding hydrogens is 262 g/mol. The van der Waals surface area contributed by atoms with Gasteiger partial charge in [0.05, 0.1) is 6.61 Å². The molecule has 18 heavy (non-hydrogen) atoms. The zero-order valence-corrected chi connectivity index (χ0v) is 10.5. The summed E-state index contributed by atoms with van der Waals surface area (Å²) in [5, 5.41) is 4.12. The molecule has 0 saturated heterocycles. The summed E-state index contributed by atoms with van der Waals surface area (Å²) in [5.41, 5.74) is -1.53. The molecule has 0 aliphatic carbocycles. The third-order valence-electron chi connectivity index (χ3n) is 1.78. The molecule has 1 aromatic rings. The van der Waals surface area contributed by atoms with Crippen molar-refractivity contribution in [3.05, 3.63) is 20.8 Å². The summed E-state index contributed by atoms with van der Waals surface area (Å²) < 4.78 is 4.71. The average molecular weight is 273 g/mol. The molecule has 0 aromatic carbocycles. The maximum atomic E-state index is 11.5. The fraction of sp³-hybridized carbons (Fsp3) is 0.444. The van der Waals surface area contributed by atoms with Crippen LogP contribution in [0.25, 0.3) is 0 Å². The summed E-state index contributed by atoms with van der Waals surface area (Å²) in [6, 6.07) is 0. The Kier molecular flexibility index (Phi) is 4.84. The quantitative estimate of drug-likeness (QED) is 0.403. The fourth-order valence-corrected chi connectivity index (χ4v) is 1.85. The molecule has 1 aromatic heterocycles. The number of hydrogen-bond donors (Lipinski definition) is 2. The molecule has 1 rings (SSSR count). The highest BCUT2D eigenvalue weighted by atomic mass is 32.2. The summed E-state index contributed by atoms with van der Waals surface area (Å²) >= 11 is 0.631. The van der Waals surface area contributed by atoms with E-state index in [1.807, 2.05) is 10.1 Å². The largest absolute Gasteiger partial charge is 0.465 e. The van der Waals surface area contributed by atoms with Crippen molar-refractivity contribution in [3.63, 3.8) is 0 Å². The number of rotatable bonds is 5. The molecule has 0 aliphatic rings. The predicted octanol–water partition coefficient (Wildman–Crippen LogP) is -0.929. The van der Waals surface area contributed by atoms with Gasteiger partial charge in [0, 0.05) is 0 Å². The molecule has 0 aliphatic heterocycles. The first kappa shape index (κ1) is 14.2. The highest BCUT2D eigenvalue weighted by Crippen LogP contribution is 2.19. The molecule has 0 radical (unpaired) electrons. The Morgan fingerprint density at radius 1 is 1.44 bits per heavy atom. The number of ether oxygens (including phenoxy) is 1. The number of aromatic nitrogens is 3. The minimum atomic E-state index is -1.18. The van der Waals surface area contributed by atoms with E-state index in [0.29, 0.717) is 11.8 Å². The Morgan fingerprint density at radius 3 is 2.61 bits per heavy atom. The number of H-pyrrole nitrogens is 2. The molecule has 1 atom stereocenters. The van der Waals surface area contributed by atoms with Gasteiger partial charge in [0.15, 0.2) is 16.1 Å². The van der Waals surface area contributed by atoms with E-state index in [9.17, 15) is 19.2 Å². The lowest BCUT2D eigenvalue weighted by molar-refractivity contribution is -0.144. The molecule has 0 amide bonds. The second kappa shape index (κ2) is 6.15. The molecular formula is C9H11N3O5S. The molecule has 98 valence electrons. The van der Waals surface area contributed by atoms with Crippen molar-refractivity contribution in [3.8, 4) is 0 Å². The van der Waals surface area contributed by atoms with Crippen LogP contribution in [0.4, 0.5) is 0 Å². The molecule has 0 fully saturated rings. The summed E-state index contributed by atoms with van der Waals surface area (Å²) in [6.45, 7) is 2.93. The minimum Gasteiger partial charge on any atom is -0.465 e. The number of carbonyl (C=O) groups is 2. The van der Waals surface area contributed by atoms with E-state index < -0.39 is 28.3 Å². The van der Waals surface area contributed by atoms with Gasteiger partial charge >= 0.3 is 11.7 Å². The van der Waals surface area contributed by atoms with Crippen LogP contribution in [0.3, 0.4) is 0 Å². The van der Waals surface area contributed by atoms with Gasteiger partial charge in [-0.15, -0.1) is 0 Å². The van der Waals surface area contributed by atoms with Gasteiger partial charge in [-0.2, -0.15) is 5.10 Å². The Balaban J connectivity index is 2.97. The van der Waals surface area contributed by atoms with E-state index in [2.05, 4.69) is 5.10 Å². The van der Waals surface area contributed by atoms with Crippen LogP contribution in [-0.2, 0) is 14.3 Å². The van der Waals surface area contributed by atoms with Gasteiger partial charge in [0.25, 0.3) is 5.56 Å². The van der Waals surface area contributed by atoms with Crippen LogP contribution in [0.2, 0.25) is 0 Å². The smallest absolute Gasteiger partial charge is 0.342 e. The maximum absolute atomic E-state index is 11.5. The Morgan fingerprint density at radius 2 is 2.11 bits per heavy atom. The molecule has 9 heteroatoms. The third kappa shape index (κ3) is 3.55. The van der Waals surface area contributed by atoms with Gasteiger partial charge < -0.3 is 4.74 Å². The molecule has 1 heterocycles. The van der Waals surface area contributed by atoms with Gasteiger partial charge in [-0.05, 0) is 13.8 Å². The number of thioether (sulfide) groups is 1. The molecule has 0 saturated carbocycles. The first-order chi connectivity index (χ1) is 8.45. The van der Waals surface area contributed by atoms with Crippen LogP contribution in [0.15, 0.2) is 14.6 Å². The van der Waals surface area contributed by atoms with Crippen molar-refractivity contribution in [1.82, 2.24) is 15.2 Å². The lowest BCUT2D eigenvalue weighted by Gasteiger charge is -2.10. The van der Waals surface area contributed by atoms with E-state index in [1.165, 1.54) is 6.92 Å². The Labute approximate surface area is 105 Å². The highest BCUT2D eigenvalue weighted by Gasteiger charge is 2.27.